The Morgan fingerprint density at radius 3 is 2.67 bits per heavy atom. The Hall–Kier alpha value is -1.51. The van der Waals surface area contributed by atoms with Crippen molar-refractivity contribution < 1.29 is 17.5 Å². The topological polar surface area (TPSA) is 74.1 Å². The molecular weight excluding hydrogens is 321 g/mol. The molecule has 2 rings (SSSR count). The Bertz CT molecular complexity index is 761. The summed E-state index contributed by atoms with van der Waals surface area (Å²) in [6.45, 7) is 2.09. The summed E-state index contributed by atoms with van der Waals surface area (Å²) in [7, 11) is 2.70. The lowest BCUT2D eigenvalue weighted by Crippen LogP contribution is -2.12. The van der Waals surface area contributed by atoms with Gasteiger partial charge in [-0.05, 0) is 24.6 Å². The first-order valence-electron chi connectivity index (χ1n) is 5.98. The van der Waals surface area contributed by atoms with Crippen LogP contribution in [0.4, 0.5) is 4.39 Å². The van der Waals surface area contributed by atoms with E-state index in [1.54, 1.807) is 13.0 Å². The third-order valence-corrected chi connectivity index (χ3v) is 3.97. The van der Waals surface area contributed by atoms with Gasteiger partial charge in [0, 0.05) is 17.8 Å². The summed E-state index contributed by atoms with van der Waals surface area (Å²) < 4.78 is 43.2. The zero-order valence-electron chi connectivity index (χ0n) is 11.4. The summed E-state index contributed by atoms with van der Waals surface area (Å²) >= 11 is 0. The van der Waals surface area contributed by atoms with Crippen molar-refractivity contribution in [3.05, 3.63) is 29.6 Å². The van der Waals surface area contributed by atoms with Gasteiger partial charge in [0.2, 0.25) is 0 Å². The highest BCUT2D eigenvalue weighted by atomic mass is 35.7. The highest BCUT2D eigenvalue weighted by Crippen LogP contribution is 2.25. The number of hydrogen-bond donors (Lipinski definition) is 0. The minimum absolute atomic E-state index is 0.0868. The maximum absolute atomic E-state index is 14.0. The Morgan fingerprint density at radius 2 is 2.10 bits per heavy atom. The van der Waals surface area contributed by atoms with Gasteiger partial charge in [0.25, 0.3) is 14.2 Å². The average Bonchev–Trinajstić information content (AvgIpc) is 2.79. The molecule has 9 heteroatoms. The van der Waals surface area contributed by atoms with Crippen LogP contribution in [0.1, 0.15) is 5.56 Å². The highest BCUT2D eigenvalue weighted by molar-refractivity contribution is 8.13. The normalized spacial score (nSPS) is 11.8. The lowest BCUT2D eigenvalue weighted by molar-refractivity contribution is 0.185. The molecule has 1 aromatic heterocycles. The third-order valence-electron chi connectivity index (χ3n) is 2.82. The molecule has 1 aromatic carbocycles. The van der Waals surface area contributed by atoms with Gasteiger partial charge >= 0.3 is 0 Å². The van der Waals surface area contributed by atoms with Crippen molar-refractivity contribution in [1.29, 1.82) is 0 Å². The summed E-state index contributed by atoms with van der Waals surface area (Å²) in [6.07, 6.45) is 0. The van der Waals surface area contributed by atoms with Crippen LogP contribution in [0, 0.1) is 12.7 Å². The van der Waals surface area contributed by atoms with Crippen molar-refractivity contribution in [3.63, 3.8) is 0 Å². The largest absolute Gasteiger partial charge is 0.383 e. The van der Waals surface area contributed by atoms with E-state index in [-0.39, 0.29) is 24.5 Å². The van der Waals surface area contributed by atoms with Crippen molar-refractivity contribution in [2.24, 2.45) is 0 Å². The monoisotopic (exact) mass is 333 g/mol. The van der Waals surface area contributed by atoms with E-state index in [1.165, 1.54) is 23.8 Å². The molecule has 0 aliphatic carbocycles. The van der Waals surface area contributed by atoms with E-state index in [1.807, 2.05) is 0 Å². The van der Waals surface area contributed by atoms with Gasteiger partial charge in [-0.25, -0.2) is 12.8 Å². The highest BCUT2D eigenvalue weighted by Gasteiger charge is 2.24. The van der Waals surface area contributed by atoms with E-state index in [9.17, 15) is 12.8 Å². The Labute approximate surface area is 125 Å². The van der Waals surface area contributed by atoms with Crippen LogP contribution in [0.15, 0.2) is 23.4 Å². The average molecular weight is 334 g/mol. The summed E-state index contributed by atoms with van der Waals surface area (Å²) in [5.74, 6) is -0.427. The molecule has 21 heavy (non-hydrogen) atoms. The second kappa shape index (κ2) is 6.08. The zero-order valence-corrected chi connectivity index (χ0v) is 12.9. The van der Waals surface area contributed by atoms with Gasteiger partial charge < -0.3 is 4.74 Å². The van der Waals surface area contributed by atoms with E-state index in [0.717, 1.165) is 5.56 Å². The maximum Gasteiger partial charge on any atom is 0.296 e. The van der Waals surface area contributed by atoms with Crippen molar-refractivity contribution in [2.45, 2.75) is 18.6 Å². The SMILES string of the molecule is COCCn1c(-c2ccc(C)cc2F)nnc1S(=O)(=O)Cl. The van der Waals surface area contributed by atoms with Gasteiger partial charge in [0.1, 0.15) is 5.82 Å². The molecule has 0 N–H and O–H groups in total. The first-order chi connectivity index (χ1) is 9.84. The molecule has 0 atom stereocenters. The summed E-state index contributed by atoms with van der Waals surface area (Å²) in [5.41, 5.74) is 0.889. The number of nitrogens with zero attached hydrogens (tertiary/aromatic N) is 3. The van der Waals surface area contributed by atoms with E-state index in [4.69, 9.17) is 15.4 Å². The Kier molecular flexibility index (Phi) is 4.60. The molecule has 6 nitrogen and oxygen atoms in total. The molecule has 0 aliphatic rings. The predicted octanol–water partition coefficient (Wildman–Crippen LogP) is 1.97. The van der Waals surface area contributed by atoms with Crippen molar-refractivity contribution in [2.75, 3.05) is 13.7 Å². The number of methoxy groups -OCH3 is 1. The van der Waals surface area contributed by atoms with Gasteiger partial charge in [-0.2, -0.15) is 0 Å². The van der Waals surface area contributed by atoms with Gasteiger partial charge in [0.05, 0.1) is 18.7 Å². The molecule has 0 saturated heterocycles. The van der Waals surface area contributed by atoms with Crippen LogP contribution in [0.5, 0.6) is 0 Å². The third kappa shape index (κ3) is 3.39. The van der Waals surface area contributed by atoms with Crippen LogP contribution in [-0.2, 0) is 20.3 Å². The maximum atomic E-state index is 14.0. The Morgan fingerprint density at radius 1 is 1.38 bits per heavy atom. The molecule has 0 amide bonds. The molecule has 0 bridgehead atoms. The molecule has 2 aromatic rings. The number of hydrogen-bond acceptors (Lipinski definition) is 5. The van der Waals surface area contributed by atoms with Gasteiger partial charge in [-0.15, -0.1) is 10.2 Å². The fourth-order valence-electron chi connectivity index (χ4n) is 1.85. The molecule has 0 spiro atoms. The van der Waals surface area contributed by atoms with Crippen LogP contribution in [0.2, 0.25) is 0 Å². The number of rotatable bonds is 5. The quantitative estimate of drug-likeness (QED) is 0.782. The first kappa shape index (κ1) is 15.9. The smallest absolute Gasteiger partial charge is 0.296 e. The summed E-state index contributed by atoms with van der Waals surface area (Å²) in [6, 6.07) is 4.55. The fourth-order valence-corrected chi connectivity index (χ4v) is 2.78. The minimum Gasteiger partial charge on any atom is -0.383 e. The number of ether oxygens (including phenoxy) is 1. The number of halogens is 2. The lowest BCUT2D eigenvalue weighted by atomic mass is 10.1. The van der Waals surface area contributed by atoms with Crippen LogP contribution >= 0.6 is 10.7 Å². The van der Waals surface area contributed by atoms with Gasteiger partial charge in [-0.3, -0.25) is 4.57 Å². The predicted molar refractivity (Wildman–Crippen MR) is 75.1 cm³/mol. The standard InChI is InChI=1S/C12H13ClFN3O3S/c1-8-3-4-9(10(14)7-8)11-15-16-12(21(13,18)19)17(11)5-6-20-2/h3-4,7H,5-6H2,1-2H3. The number of aromatic nitrogens is 3. The van der Waals surface area contributed by atoms with E-state index in [2.05, 4.69) is 10.2 Å². The second-order valence-corrected chi connectivity index (χ2v) is 6.83. The van der Waals surface area contributed by atoms with Crippen molar-refractivity contribution in [1.82, 2.24) is 14.8 Å². The van der Waals surface area contributed by atoms with Gasteiger partial charge in [-0.1, -0.05) is 6.07 Å². The van der Waals surface area contributed by atoms with Crippen molar-refractivity contribution >= 4 is 19.7 Å². The molecule has 0 fully saturated rings. The Balaban J connectivity index is 2.60. The zero-order chi connectivity index (χ0) is 15.6. The van der Waals surface area contributed by atoms with E-state index >= 15 is 0 Å². The molecule has 0 saturated carbocycles. The van der Waals surface area contributed by atoms with Crippen LogP contribution in [0.3, 0.4) is 0 Å². The second-order valence-electron chi connectivity index (χ2n) is 4.37. The van der Waals surface area contributed by atoms with Crippen molar-refractivity contribution in [3.8, 4) is 11.4 Å². The van der Waals surface area contributed by atoms with E-state index < -0.39 is 20.0 Å². The molecule has 114 valence electrons. The summed E-state index contributed by atoms with van der Waals surface area (Å²) in [5, 5.41) is 6.87. The molecular formula is C12H13ClFN3O3S. The number of benzene rings is 1. The lowest BCUT2D eigenvalue weighted by Gasteiger charge is -2.09. The minimum atomic E-state index is -4.09. The molecule has 0 aliphatic heterocycles. The van der Waals surface area contributed by atoms with E-state index in [0.29, 0.717) is 0 Å². The molecule has 1 heterocycles. The van der Waals surface area contributed by atoms with Crippen LogP contribution in [-0.4, -0.2) is 36.9 Å². The van der Waals surface area contributed by atoms with Gasteiger partial charge in [0.15, 0.2) is 5.82 Å². The first-order valence-corrected chi connectivity index (χ1v) is 8.29. The summed E-state index contributed by atoms with van der Waals surface area (Å²) in [4.78, 5) is 0. The van der Waals surface area contributed by atoms with Crippen LogP contribution in [0.25, 0.3) is 11.4 Å². The molecule has 0 unspecified atom stereocenters. The number of aryl methyl sites for hydroxylation is 1. The fraction of sp³-hybridized carbons (Fsp3) is 0.333. The van der Waals surface area contributed by atoms with Crippen LogP contribution < -0.4 is 0 Å². The molecule has 0 radical (unpaired) electrons.